The molecule has 0 saturated heterocycles. The standard InChI is InChI=1S/C15H22BrN/c1-2-10-17-15(12-7-5-8-12)11-13-6-3-4-9-14(13)16/h3-4,6,9,12,15,17H,2,5,7-8,10-11H2,1H3. The van der Waals surface area contributed by atoms with Gasteiger partial charge in [-0.15, -0.1) is 0 Å². The van der Waals surface area contributed by atoms with Crippen LogP contribution in [0.1, 0.15) is 38.2 Å². The van der Waals surface area contributed by atoms with E-state index in [1.165, 1.54) is 35.7 Å². The molecule has 0 aliphatic heterocycles. The molecule has 0 amide bonds. The second-order valence-corrected chi connectivity index (χ2v) is 5.90. The van der Waals surface area contributed by atoms with Gasteiger partial charge in [0.1, 0.15) is 0 Å². The van der Waals surface area contributed by atoms with Crippen molar-refractivity contribution in [2.75, 3.05) is 6.54 Å². The van der Waals surface area contributed by atoms with Crippen LogP contribution in [0.25, 0.3) is 0 Å². The van der Waals surface area contributed by atoms with Crippen LogP contribution in [-0.2, 0) is 6.42 Å². The molecule has 1 aliphatic carbocycles. The first-order valence-corrected chi connectivity index (χ1v) is 7.57. The molecule has 1 aliphatic rings. The van der Waals surface area contributed by atoms with Crippen LogP contribution in [0.2, 0.25) is 0 Å². The first kappa shape index (κ1) is 13.1. The number of nitrogens with one attached hydrogen (secondary N) is 1. The monoisotopic (exact) mass is 295 g/mol. The minimum Gasteiger partial charge on any atom is -0.313 e. The molecule has 1 saturated carbocycles. The van der Waals surface area contributed by atoms with Crippen molar-refractivity contribution in [3.8, 4) is 0 Å². The third-order valence-electron chi connectivity index (χ3n) is 3.77. The van der Waals surface area contributed by atoms with E-state index in [1.807, 2.05) is 0 Å². The number of benzene rings is 1. The molecule has 1 aromatic carbocycles. The van der Waals surface area contributed by atoms with E-state index in [0.717, 1.165) is 18.9 Å². The van der Waals surface area contributed by atoms with E-state index in [-0.39, 0.29) is 0 Å². The lowest BCUT2D eigenvalue weighted by Gasteiger charge is -2.35. The molecule has 17 heavy (non-hydrogen) atoms. The predicted molar refractivity (Wildman–Crippen MR) is 77.3 cm³/mol. The molecule has 0 radical (unpaired) electrons. The Kier molecular flexibility index (Phi) is 5.05. The van der Waals surface area contributed by atoms with Crippen LogP contribution in [0.15, 0.2) is 28.7 Å². The summed E-state index contributed by atoms with van der Waals surface area (Å²) >= 11 is 3.65. The van der Waals surface area contributed by atoms with Gasteiger partial charge in [0.15, 0.2) is 0 Å². The van der Waals surface area contributed by atoms with E-state index in [2.05, 4.69) is 52.4 Å². The topological polar surface area (TPSA) is 12.0 Å². The fourth-order valence-corrected chi connectivity index (χ4v) is 2.92. The highest BCUT2D eigenvalue weighted by atomic mass is 79.9. The van der Waals surface area contributed by atoms with E-state index in [0.29, 0.717) is 6.04 Å². The summed E-state index contributed by atoms with van der Waals surface area (Å²) in [6.07, 6.45) is 6.62. The van der Waals surface area contributed by atoms with Gasteiger partial charge in [0.25, 0.3) is 0 Å². The van der Waals surface area contributed by atoms with E-state index >= 15 is 0 Å². The van der Waals surface area contributed by atoms with Crippen molar-refractivity contribution < 1.29 is 0 Å². The lowest BCUT2D eigenvalue weighted by atomic mass is 9.77. The fraction of sp³-hybridized carbons (Fsp3) is 0.600. The number of hydrogen-bond donors (Lipinski definition) is 1. The Morgan fingerprint density at radius 2 is 2.12 bits per heavy atom. The zero-order valence-electron chi connectivity index (χ0n) is 10.6. The summed E-state index contributed by atoms with van der Waals surface area (Å²) in [6.45, 7) is 3.38. The highest BCUT2D eigenvalue weighted by Gasteiger charge is 2.27. The first-order valence-electron chi connectivity index (χ1n) is 6.78. The second kappa shape index (κ2) is 6.55. The molecule has 2 rings (SSSR count). The SMILES string of the molecule is CCCNC(Cc1ccccc1Br)C1CCC1. The van der Waals surface area contributed by atoms with Crippen molar-refractivity contribution in [2.45, 2.75) is 45.1 Å². The van der Waals surface area contributed by atoms with Crippen LogP contribution in [0, 0.1) is 5.92 Å². The Morgan fingerprint density at radius 3 is 2.71 bits per heavy atom. The van der Waals surface area contributed by atoms with Gasteiger partial charge >= 0.3 is 0 Å². The van der Waals surface area contributed by atoms with Gasteiger partial charge in [0, 0.05) is 10.5 Å². The molecule has 1 atom stereocenters. The van der Waals surface area contributed by atoms with Crippen molar-refractivity contribution >= 4 is 15.9 Å². The molecule has 0 aromatic heterocycles. The fourth-order valence-electron chi connectivity index (χ4n) is 2.48. The highest BCUT2D eigenvalue weighted by molar-refractivity contribution is 9.10. The van der Waals surface area contributed by atoms with Gasteiger partial charge in [0.2, 0.25) is 0 Å². The van der Waals surface area contributed by atoms with Gasteiger partial charge in [-0.2, -0.15) is 0 Å². The van der Waals surface area contributed by atoms with E-state index < -0.39 is 0 Å². The van der Waals surface area contributed by atoms with E-state index in [9.17, 15) is 0 Å². The molecule has 1 fully saturated rings. The minimum absolute atomic E-state index is 0.669. The second-order valence-electron chi connectivity index (χ2n) is 5.05. The summed E-state index contributed by atoms with van der Waals surface area (Å²) in [5.74, 6) is 0.897. The van der Waals surface area contributed by atoms with Gasteiger partial charge < -0.3 is 5.32 Å². The van der Waals surface area contributed by atoms with E-state index in [1.54, 1.807) is 0 Å². The predicted octanol–water partition coefficient (Wildman–Crippen LogP) is 4.16. The number of halogens is 1. The molecule has 0 bridgehead atoms. The summed E-state index contributed by atoms with van der Waals surface area (Å²) in [7, 11) is 0. The third kappa shape index (κ3) is 3.56. The molecule has 94 valence electrons. The van der Waals surface area contributed by atoms with Crippen molar-refractivity contribution in [3.05, 3.63) is 34.3 Å². The Balaban J connectivity index is 1.98. The molecule has 2 heteroatoms. The van der Waals surface area contributed by atoms with Crippen LogP contribution >= 0.6 is 15.9 Å². The molecule has 1 nitrogen and oxygen atoms in total. The summed E-state index contributed by atoms with van der Waals surface area (Å²) in [5.41, 5.74) is 1.44. The maximum absolute atomic E-state index is 3.73. The Bertz CT molecular complexity index is 347. The van der Waals surface area contributed by atoms with Crippen molar-refractivity contribution in [3.63, 3.8) is 0 Å². The Hall–Kier alpha value is -0.340. The normalized spacial score (nSPS) is 17.8. The van der Waals surface area contributed by atoms with Crippen LogP contribution in [-0.4, -0.2) is 12.6 Å². The van der Waals surface area contributed by atoms with Gasteiger partial charge in [-0.05, 0) is 49.8 Å². The minimum atomic E-state index is 0.669. The van der Waals surface area contributed by atoms with Gasteiger partial charge in [-0.25, -0.2) is 0 Å². The van der Waals surface area contributed by atoms with Crippen molar-refractivity contribution in [1.82, 2.24) is 5.32 Å². The molecule has 0 spiro atoms. The lowest BCUT2D eigenvalue weighted by molar-refractivity contribution is 0.227. The average Bonchev–Trinajstić information content (AvgIpc) is 2.26. The van der Waals surface area contributed by atoms with Gasteiger partial charge in [0.05, 0.1) is 0 Å². The smallest absolute Gasteiger partial charge is 0.0207 e. The van der Waals surface area contributed by atoms with Crippen LogP contribution < -0.4 is 5.32 Å². The summed E-state index contributed by atoms with van der Waals surface area (Å²) in [4.78, 5) is 0. The largest absolute Gasteiger partial charge is 0.313 e. The van der Waals surface area contributed by atoms with Crippen molar-refractivity contribution in [2.24, 2.45) is 5.92 Å². The van der Waals surface area contributed by atoms with Crippen molar-refractivity contribution in [1.29, 1.82) is 0 Å². The quantitative estimate of drug-likeness (QED) is 0.831. The number of rotatable bonds is 6. The molecular formula is C15H22BrN. The lowest BCUT2D eigenvalue weighted by Crippen LogP contribution is -2.41. The maximum atomic E-state index is 3.73. The summed E-state index contributed by atoms with van der Waals surface area (Å²) < 4.78 is 1.25. The zero-order chi connectivity index (χ0) is 12.1. The van der Waals surface area contributed by atoms with Gasteiger partial charge in [-0.1, -0.05) is 47.5 Å². The van der Waals surface area contributed by atoms with E-state index in [4.69, 9.17) is 0 Å². The highest BCUT2D eigenvalue weighted by Crippen LogP contribution is 2.32. The molecule has 1 unspecified atom stereocenters. The Morgan fingerprint density at radius 1 is 1.35 bits per heavy atom. The van der Waals surface area contributed by atoms with Gasteiger partial charge in [-0.3, -0.25) is 0 Å². The third-order valence-corrected chi connectivity index (χ3v) is 4.55. The summed E-state index contributed by atoms with van der Waals surface area (Å²) in [6, 6.07) is 9.28. The van der Waals surface area contributed by atoms with Crippen LogP contribution in [0.3, 0.4) is 0 Å². The zero-order valence-corrected chi connectivity index (χ0v) is 12.2. The Labute approximate surface area is 113 Å². The number of hydrogen-bond acceptors (Lipinski definition) is 1. The molecule has 1 N–H and O–H groups in total. The molecular weight excluding hydrogens is 274 g/mol. The van der Waals surface area contributed by atoms with Crippen LogP contribution in [0.4, 0.5) is 0 Å². The maximum Gasteiger partial charge on any atom is 0.0207 e. The van der Waals surface area contributed by atoms with Crippen LogP contribution in [0.5, 0.6) is 0 Å². The average molecular weight is 296 g/mol. The molecule has 1 aromatic rings. The summed E-state index contributed by atoms with van der Waals surface area (Å²) in [5, 5.41) is 3.73. The molecule has 0 heterocycles. The first-order chi connectivity index (χ1) is 8.31.